The molecule has 3 aromatic rings. The summed E-state index contributed by atoms with van der Waals surface area (Å²) in [4.78, 5) is 20.3. The van der Waals surface area contributed by atoms with Gasteiger partial charge < -0.3 is 14.6 Å². The standard InChI is InChI=1S/C21H15N3O4/c25-18-15(8-12-10-24-20-14(12)6-3-7-22-20)28-19(16(18)21(26)27)17-13-5-2-1-4-11(13)9-23-17/h1-8,10,17,23,25H,9H2,(H,26,27). The molecule has 0 fully saturated rings. The number of nitrogens with one attached hydrogen (secondary N) is 1. The molecule has 138 valence electrons. The van der Waals surface area contributed by atoms with Gasteiger partial charge in [0.15, 0.2) is 17.3 Å². The average Bonchev–Trinajstić information content (AvgIpc) is 3.38. The normalized spacial score (nSPS) is 18.4. The fourth-order valence-corrected chi connectivity index (χ4v) is 3.68. The first-order valence-corrected chi connectivity index (χ1v) is 8.75. The number of carboxylic acid groups (broad SMARTS) is 1. The Labute approximate surface area is 159 Å². The van der Waals surface area contributed by atoms with Crippen molar-refractivity contribution >= 4 is 29.7 Å². The largest absolute Gasteiger partial charge is 0.504 e. The molecule has 2 aliphatic heterocycles. The second-order valence-electron chi connectivity index (χ2n) is 6.60. The molecule has 1 atom stereocenters. The van der Waals surface area contributed by atoms with E-state index >= 15 is 0 Å². The number of aromatic hydroxyl groups is 1. The molecule has 0 radical (unpaired) electrons. The Kier molecular flexibility index (Phi) is 3.63. The summed E-state index contributed by atoms with van der Waals surface area (Å²) in [7, 11) is 0. The highest BCUT2D eigenvalue weighted by Crippen LogP contribution is 2.41. The lowest BCUT2D eigenvalue weighted by Crippen LogP contribution is -2.15. The van der Waals surface area contributed by atoms with Crippen LogP contribution in [0.4, 0.5) is 5.82 Å². The maximum atomic E-state index is 11.9. The van der Waals surface area contributed by atoms with Gasteiger partial charge in [-0.25, -0.2) is 14.8 Å². The van der Waals surface area contributed by atoms with Gasteiger partial charge in [-0.15, -0.1) is 0 Å². The van der Waals surface area contributed by atoms with Crippen LogP contribution in [0.5, 0.6) is 5.75 Å². The quantitative estimate of drug-likeness (QED) is 0.648. The van der Waals surface area contributed by atoms with Gasteiger partial charge in [0.2, 0.25) is 0 Å². The van der Waals surface area contributed by atoms with Crippen molar-refractivity contribution in [1.29, 1.82) is 0 Å². The van der Waals surface area contributed by atoms with Crippen LogP contribution < -0.4 is 5.32 Å². The first-order chi connectivity index (χ1) is 13.6. The van der Waals surface area contributed by atoms with Crippen molar-refractivity contribution in [2.24, 2.45) is 4.99 Å². The Hall–Kier alpha value is -3.71. The number of hydrogen-bond donors (Lipinski definition) is 3. The Morgan fingerprint density at radius 3 is 2.96 bits per heavy atom. The van der Waals surface area contributed by atoms with Crippen LogP contribution in [0.1, 0.15) is 44.6 Å². The van der Waals surface area contributed by atoms with Crippen molar-refractivity contribution in [2.75, 3.05) is 0 Å². The summed E-state index contributed by atoms with van der Waals surface area (Å²) in [5, 5.41) is 23.5. The van der Waals surface area contributed by atoms with Gasteiger partial charge in [-0.3, -0.25) is 5.32 Å². The summed E-state index contributed by atoms with van der Waals surface area (Å²) in [6, 6.07) is 10.9. The van der Waals surface area contributed by atoms with E-state index in [4.69, 9.17) is 4.42 Å². The third-order valence-electron chi connectivity index (χ3n) is 4.99. The molecule has 4 heterocycles. The minimum atomic E-state index is -1.24. The topological polar surface area (TPSA) is 108 Å². The molecule has 7 heteroatoms. The molecule has 1 unspecified atom stereocenters. The number of hydrogen-bond acceptors (Lipinski definition) is 6. The molecular formula is C21H15N3O4. The first kappa shape index (κ1) is 16.5. The molecule has 28 heavy (non-hydrogen) atoms. The minimum absolute atomic E-state index is 0.0803. The predicted molar refractivity (Wildman–Crippen MR) is 103 cm³/mol. The molecule has 0 saturated carbocycles. The summed E-state index contributed by atoms with van der Waals surface area (Å²) in [6.07, 6.45) is 4.85. The van der Waals surface area contributed by atoms with Crippen molar-refractivity contribution in [1.82, 2.24) is 10.3 Å². The number of benzene rings is 1. The SMILES string of the molecule is O=C(O)c1c(C2NCc3ccccc32)oc(C=C2C=Nc3ncccc32)c1O. The zero-order valence-corrected chi connectivity index (χ0v) is 14.6. The van der Waals surface area contributed by atoms with Crippen molar-refractivity contribution in [3.05, 3.63) is 76.4 Å². The average molecular weight is 373 g/mol. The summed E-state index contributed by atoms with van der Waals surface area (Å²) < 4.78 is 5.87. The van der Waals surface area contributed by atoms with Gasteiger partial charge in [0.1, 0.15) is 11.3 Å². The molecule has 0 aliphatic carbocycles. The molecule has 2 aliphatic rings. The van der Waals surface area contributed by atoms with Crippen LogP contribution in [0.15, 0.2) is 52.0 Å². The van der Waals surface area contributed by atoms with Crippen LogP contribution in [0.3, 0.4) is 0 Å². The van der Waals surface area contributed by atoms with E-state index < -0.39 is 17.8 Å². The number of aromatic nitrogens is 1. The third-order valence-corrected chi connectivity index (χ3v) is 4.99. The highest BCUT2D eigenvalue weighted by Gasteiger charge is 2.34. The molecule has 0 amide bonds. The lowest BCUT2D eigenvalue weighted by atomic mass is 10.0. The van der Waals surface area contributed by atoms with Gasteiger partial charge in [0, 0.05) is 30.1 Å². The highest BCUT2D eigenvalue weighted by atomic mass is 16.4. The summed E-state index contributed by atoms with van der Waals surface area (Å²) in [5.41, 5.74) is 3.26. The lowest BCUT2D eigenvalue weighted by molar-refractivity contribution is 0.0691. The van der Waals surface area contributed by atoms with E-state index in [0.29, 0.717) is 17.9 Å². The van der Waals surface area contributed by atoms with Gasteiger partial charge >= 0.3 is 5.97 Å². The van der Waals surface area contributed by atoms with Gasteiger partial charge in [-0.05, 0) is 29.3 Å². The van der Waals surface area contributed by atoms with Gasteiger partial charge in [0.05, 0.1) is 6.04 Å². The number of nitrogens with zero attached hydrogens (tertiary/aromatic N) is 2. The van der Waals surface area contributed by atoms with E-state index in [2.05, 4.69) is 15.3 Å². The Balaban J connectivity index is 1.63. The number of aliphatic imine (C=N–C) groups is 1. The van der Waals surface area contributed by atoms with Crippen LogP contribution in [0.25, 0.3) is 11.6 Å². The van der Waals surface area contributed by atoms with Crippen LogP contribution >= 0.6 is 0 Å². The van der Waals surface area contributed by atoms with Crippen LogP contribution in [0.2, 0.25) is 0 Å². The molecule has 0 spiro atoms. The number of carboxylic acids is 1. The number of aromatic carboxylic acids is 1. The second kappa shape index (κ2) is 6.17. The molecule has 0 saturated heterocycles. The van der Waals surface area contributed by atoms with E-state index in [1.165, 1.54) is 0 Å². The second-order valence-corrected chi connectivity index (χ2v) is 6.60. The van der Waals surface area contributed by atoms with E-state index in [9.17, 15) is 15.0 Å². The van der Waals surface area contributed by atoms with E-state index in [1.807, 2.05) is 30.3 Å². The molecule has 0 bridgehead atoms. The summed E-state index contributed by atoms with van der Waals surface area (Å²) >= 11 is 0. The molecule has 7 nitrogen and oxygen atoms in total. The van der Waals surface area contributed by atoms with Crippen LogP contribution in [0, 0.1) is 0 Å². The van der Waals surface area contributed by atoms with Crippen molar-refractivity contribution in [3.8, 4) is 5.75 Å². The fourth-order valence-electron chi connectivity index (χ4n) is 3.68. The molecular weight excluding hydrogens is 358 g/mol. The summed E-state index contributed by atoms with van der Waals surface area (Å²) in [6.45, 7) is 0.601. The van der Waals surface area contributed by atoms with E-state index in [0.717, 1.165) is 16.7 Å². The maximum absolute atomic E-state index is 11.9. The van der Waals surface area contributed by atoms with Gasteiger partial charge in [-0.2, -0.15) is 0 Å². The van der Waals surface area contributed by atoms with Crippen molar-refractivity contribution in [3.63, 3.8) is 0 Å². The minimum Gasteiger partial charge on any atom is -0.504 e. The molecule has 3 N–H and O–H groups in total. The lowest BCUT2D eigenvalue weighted by Gasteiger charge is -2.10. The number of furan rings is 1. The van der Waals surface area contributed by atoms with Crippen molar-refractivity contribution < 1.29 is 19.4 Å². The van der Waals surface area contributed by atoms with Crippen LogP contribution in [-0.4, -0.2) is 27.4 Å². The third kappa shape index (κ3) is 2.44. The number of pyridine rings is 1. The monoisotopic (exact) mass is 373 g/mol. The predicted octanol–water partition coefficient (Wildman–Crippen LogP) is 3.53. The smallest absolute Gasteiger partial charge is 0.343 e. The number of allylic oxidation sites excluding steroid dienone is 1. The first-order valence-electron chi connectivity index (χ1n) is 8.75. The number of fused-ring (bicyclic) bond motifs is 2. The van der Waals surface area contributed by atoms with Gasteiger partial charge in [-0.1, -0.05) is 24.3 Å². The zero-order chi connectivity index (χ0) is 19.3. The van der Waals surface area contributed by atoms with Crippen molar-refractivity contribution in [2.45, 2.75) is 12.6 Å². The highest BCUT2D eigenvalue weighted by molar-refractivity contribution is 6.21. The molecule has 5 rings (SSSR count). The van der Waals surface area contributed by atoms with Gasteiger partial charge in [0.25, 0.3) is 0 Å². The maximum Gasteiger partial charge on any atom is 0.343 e. The Morgan fingerprint density at radius 1 is 1.25 bits per heavy atom. The Bertz CT molecular complexity index is 1180. The van der Waals surface area contributed by atoms with E-state index in [-0.39, 0.29) is 17.1 Å². The fraction of sp³-hybridized carbons (Fsp3) is 0.0952. The molecule has 2 aromatic heterocycles. The van der Waals surface area contributed by atoms with Crippen LogP contribution in [-0.2, 0) is 6.54 Å². The van der Waals surface area contributed by atoms with E-state index in [1.54, 1.807) is 24.6 Å². The molecule has 1 aromatic carbocycles. The number of carbonyl (C=O) groups is 1. The zero-order valence-electron chi connectivity index (χ0n) is 14.6. The number of rotatable bonds is 3. The Morgan fingerprint density at radius 2 is 2.11 bits per heavy atom. The summed E-state index contributed by atoms with van der Waals surface area (Å²) in [5.74, 6) is -0.800.